The molecule has 150 valence electrons. The minimum absolute atomic E-state index is 0.155. The molecule has 1 aromatic rings. The number of methoxy groups -OCH3 is 2. The van der Waals surface area contributed by atoms with Gasteiger partial charge in [-0.3, -0.25) is 4.79 Å². The molecule has 4 aliphatic carbocycles. The molecule has 0 heterocycles. The van der Waals surface area contributed by atoms with Crippen molar-refractivity contribution in [2.75, 3.05) is 19.5 Å². The summed E-state index contributed by atoms with van der Waals surface area (Å²) in [7, 11) is 2.50. The smallest absolute Gasteiger partial charge is 0.337 e. The molecule has 5 rings (SSSR count). The first kappa shape index (κ1) is 18.9. The van der Waals surface area contributed by atoms with E-state index in [1.807, 2.05) is 0 Å². The molecule has 2 N–H and O–H groups in total. The highest BCUT2D eigenvalue weighted by Gasteiger charge is 2.60. The zero-order valence-electron chi connectivity index (χ0n) is 16.1. The number of esters is 2. The maximum Gasteiger partial charge on any atom is 0.337 e. The van der Waals surface area contributed by atoms with Crippen molar-refractivity contribution in [3.63, 3.8) is 0 Å². The first-order chi connectivity index (χ1) is 13.3. The van der Waals surface area contributed by atoms with E-state index < -0.39 is 23.0 Å². The molecular formula is C21H25NO6. The van der Waals surface area contributed by atoms with Crippen LogP contribution in [0.5, 0.6) is 0 Å². The molecule has 4 aliphatic rings. The Bertz CT molecular complexity index is 799. The zero-order valence-corrected chi connectivity index (χ0v) is 16.1. The van der Waals surface area contributed by atoms with Gasteiger partial charge in [0.2, 0.25) is 5.91 Å². The van der Waals surface area contributed by atoms with E-state index >= 15 is 0 Å². The van der Waals surface area contributed by atoms with E-state index in [0.717, 1.165) is 32.1 Å². The second-order valence-corrected chi connectivity index (χ2v) is 8.70. The van der Waals surface area contributed by atoms with Crippen LogP contribution in [-0.2, 0) is 14.3 Å². The molecule has 4 atom stereocenters. The Balaban J connectivity index is 1.62. The summed E-state index contributed by atoms with van der Waals surface area (Å²) in [6, 6.07) is 4.36. The van der Waals surface area contributed by atoms with Crippen LogP contribution >= 0.6 is 0 Å². The summed E-state index contributed by atoms with van der Waals surface area (Å²) in [6.45, 7) is 0. The van der Waals surface area contributed by atoms with Crippen LogP contribution in [0, 0.1) is 17.3 Å². The number of carbonyl (C=O) groups is 3. The average Bonchev–Trinajstić information content (AvgIpc) is 2.64. The van der Waals surface area contributed by atoms with Gasteiger partial charge in [-0.1, -0.05) is 0 Å². The van der Waals surface area contributed by atoms with Crippen LogP contribution in [-0.4, -0.2) is 42.8 Å². The van der Waals surface area contributed by atoms with Gasteiger partial charge in [-0.15, -0.1) is 0 Å². The number of nitrogens with one attached hydrogen (secondary N) is 1. The largest absolute Gasteiger partial charge is 0.465 e. The van der Waals surface area contributed by atoms with Crippen LogP contribution in [0.4, 0.5) is 5.69 Å². The fraction of sp³-hybridized carbons (Fsp3) is 0.571. The van der Waals surface area contributed by atoms with Crippen molar-refractivity contribution >= 4 is 23.5 Å². The minimum Gasteiger partial charge on any atom is -0.465 e. The summed E-state index contributed by atoms with van der Waals surface area (Å²) in [5.74, 6) is -0.610. The molecule has 4 saturated carbocycles. The van der Waals surface area contributed by atoms with E-state index in [1.54, 1.807) is 0 Å². The van der Waals surface area contributed by atoms with Gasteiger partial charge >= 0.3 is 11.9 Å². The van der Waals surface area contributed by atoms with Crippen LogP contribution in [0.15, 0.2) is 18.2 Å². The van der Waals surface area contributed by atoms with Crippen molar-refractivity contribution < 1.29 is 29.0 Å². The Morgan fingerprint density at radius 3 is 1.96 bits per heavy atom. The number of hydrogen-bond acceptors (Lipinski definition) is 6. The lowest BCUT2D eigenvalue weighted by Gasteiger charge is -2.59. The molecule has 0 aliphatic heterocycles. The first-order valence-electron chi connectivity index (χ1n) is 9.61. The topological polar surface area (TPSA) is 102 Å². The van der Waals surface area contributed by atoms with Gasteiger partial charge in [0.15, 0.2) is 0 Å². The molecule has 0 spiro atoms. The van der Waals surface area contributed by atoms with E-state index in [4.69, 9.17) is 9.47 Å². The van der Waals surface area contributed by atoms with Crippen LogP contribution in [0.2, 0.25) is 0 Å². The number of rotatable bonds is 4. The molecule has 0 radical (unpaired) electrons. The maximum atomic E-state index is 13.3. The molecule has 0 aromatic heterocycles. The lowest BCUT2D eigenvalue weighted by Crippen LogP contribution is -2.59. The maximum absolute atomic E-state index is 13.3. The Morgan fingerprint density at radius 1 is 0.964 bits per heavy atom. The van der Waals surface area contributed by atoms with Crippen LogP contribution in [0.3, 0.4) is 0 Å². The minimum atomic E-state index is -0.744. The summed E-state index contributed by atoms with van der Waals surface area (Å²) < 4.78 is 9.48. The molecule has 7 heteroatoms. The predicted molar refractivity (Wildman–Crippen MR) is 99.8 cm³/mol. The van der Waals surface area contributed by atoms with Crippen molar-refractivity contribution in [3.8, 4) is 0 Å². The Labute approximate surface area is 163 Å². The molecule has 1 amide bonds. The molecular weight excluding hydrogens is 362 g/mol. The highest BCUT2D eigenvalue weighted by molar-refractivity contribution is 6.01. The number of ether oxygens (including phenoxy) is 2. The van der Waals surface area contributed by atoms with Crippen molar-refractivity contribution in [1.82, 2.24) is 0 Å². The summed E-state index contributed by atoms with van der Waals surface area (Å²) in [5, 5.41) is 13.8. The monoisotopic (exact) mass is 387 g/mol. The third kappa shape index (κ3) is 3.17. The molecule has 1 aromatic carbocycles. The summed E-state index contributed by atoms with van der Waals surface area (Å²) >= 11 is 0. The Kier molecular flexibility index (Phi) is 4.45. The van der Waals surface area contributed by atoms with Crippen molar-refractivity contribution in [1.29, 1.82) is 0 Å². The molecule has 4 bridgehead atoms. The van der Waals surface area contributed by atoms with Crippen molar-refractivity contribution in [2.24, 2.45) is 17.3 Å². The lowest BCUT2D eigenvalue weighted by atomic mass is 9.47. The number of hydrogen-bond donors (Lipinski definition) is 2. The standard InChI is InChI=1S/C21H25NO6/c1-27-17(23)14-4-15(18(24)28-2)6-16(5-14)22-19(25)20-7-12-3-13(8-20)10-21(26,9-12)11-20/h4-6,12-13,26H,3,7-11H2,1-2H3,(H,22,25)/t12-,13+,20?,21?. The summed E-state index contributed by atoms with van der Waals surface area (Å²) in [5.41, 5.74) is -0.677. The third-order valence-electron chi connectivity index (χ3n) is 6.54. The highest BCUT2D eigenvalue weighted by atomic mass is 16.5. The third-order valence-corrected chi connectivity index (χ3v) is 6.54. The Morgan fingerprint density at radius 2 is 1.50 bits per heavy atom. The van der Waals surface area contributed by atoms with Gasteiger partial charge in [0.1, 0.15) is 0 Å². The molecule has 0 saturated heterocycles. The van der Waals surface area contributed by atoms with Gasteiger partial charge in [0.25, 0.3) is 0 Å². The fourth-order valence-electron chi connectivity index (χ4n) is 5.91. The van der Waals surface area contributed by atoms with E-state index in [0.29, 0.717) is 23.9 Å². The van der Waals surface area contributed by atoms with Crippen LogP contribution in [0.25, 0.3) is 0 Å². The quantitative estimate of drug-likeness (QED) is 0.770. The summed E-state index contributed by atoms with van der Waals surface area (Å²) in [6.07, 6.45) is 4.67. The Hall–Kier alpha value is -2.41. The first-order valence-corrected chi connectivity index (χ1v) is 9.61. The summed E-state index contributed by atoms with van der Waals surface area (Å²) in [4.78, 5) is 37.2. The lowest BCUT2D eigenvalue weighted by molar-refractivity contribution is -0.174. The van der Waals surface area contributed by atoms with E-state index in [2.05, 4.69) is 5.32 Å². The van der Waals surface area contributed by atoms with E-state index in [9.17, 15) is 19.5 Å². The number of anilines is 1. The van der Waals surface area contributed by atoms with Gasteiger partial charge in [0, 0.05) is 5.69 Å². The second-order valence-electron chi connectivity index (χ2n) is 8.70. The van der Waals surface area contributed by atoms with Gasteiger partial charge in [-0.25, -0.2) is 9.59 Å². The highest BCUT2D eigenvalue weighted by Crippen LogP contribution is 2.61. The number of benzene rings is 1. The fourth-order valence-corrected chi connectivity index (χ4v) is 5.91. The zero-order chi connectivity index (χ0) is 20.1. The second kappa shape index (κ2) is 6.58. The van der Waals surface area contributed by atoms with Crippen LogP contribution in [0.1, 0.15) is 59.2 Å². The molecule has 2 unspecified atom stereocenters. The number of aliphatic hydroxyl groups is 1. The molecule has 7 nitrogen and oxygen atoms in total. The molecule has 28 heavy (non-hydrogen) atoms. The van der Waals surface area contributed by atoms with Crippen LogP contribution < -0.4 is 5.32 Å². The molecule has 4 fully saturated rings. The average molecular weight is 387 g/mol. The SMILES string of the molecule is COC(=O)c1cc(NC(=O)C23C[C@@H]4C[C@@H](CC(O)(C4)C2)C3)cc(C(=O)OC)c1. The number of carbonyl (C=O) groups excluding carboxylic acids is 3. The van der Waals surface area contributed by atoms with Gasteiger partial charge in [0.05, 0.1) is 36.4 Å². The van der Waals surface area contributed by atoms with Gasteiger partial charge in [-0.05, 0) is 68.6 Å². The predicted octanol–water partition coefficient (Wildman–Crippen LogP) is 2.53. The van der Waals surface area contributed by atoms with Gasteiger partial charge in [-0.2, -0.15) is 0 Å². The van der Waals surface area contributed by atoms with Crippen molar-refractivity contribution in [2.45, 2.75) is 44.1 Å². The normalized spacial score (nSPS) is 32.7. The van der Waals surface area contributed by atoms with Crippen molar-refractivity contribution in [3.05, 3.63) is 29.3 Å². The number of amides is 1. The van der Waals surface area contributed by atoms with Gasteiger partial charge < -0.3 is 19.9 Å². The van der Waals surface area contributed by atoms with E-state index in [1.165, 1.54) is 32.4 Å². The van der Waals surface area contributed by atoms with E-state index in [-0.39, 0.29) is 17.0 Å².